The number of hydrogen-bond donors (Lipinski definition) is 4. The Morgan fingerprint density at radius 3 is 2.50 bits per heavy atom. The third-order valence-corrected chi connectivity index (χ3v) is 3.52. The molecule has 0 saturated carbocycles. The number of nitrogens with two attached hydrogens (primary N) is 2. The Hall–Kier alpha value is -3.23. The molecule has 0 saturated heterocycles. The van der Waals surface area contributed by atoms with Gasteiger partial charge in [0.15, 0.2) is 11.5 Å². The van der Waals surface area contributed by atoms with Crippen LogP contribution in [0.15, 0.2) is 24.7 Å². The summed E-state index contributed by atoms with van der Waals surface area (Å²) in [7, 11) is 0. The standard InChI is InChI=1S/C17H23N7O2/c1-9(2)4-12(15(18)25)23-13-8-21-14(16(19)26)17(24-13)22-11-5-10(3)6-20-7-11/h5-9,12H,4H2,1-3H3,(H2,18,25)(H2,19,26)(H2,22,23,24)/t12-/m1/s1. The highest BCUT2D eigenvalue weighted by molar-refractivity contribution is 5.96. The maximum atomic E-state index is 11.6. The first kappa shape index (κ1) is 19.1. The third kappa shape index (κ3) is 5.13. The summed E-state index contributed by atoms with van der Waals surface area (Å²) in [6, 6.07) is 1.24. The molecule has 0 unspecified atom stereocenters. The first-order valence-corrected chi connectivity index (χ1v) is 8.17. The Morgan fingerprint density at radius 1 is 1.19 bits per heavy atom. The van der Waals surface area contributed by atoms with Crippen LogP contribution < -0.4 is 22.1 Å². The number of nitrogens with zero attached hydrogens (tertiary/aromatic N) is 3. The number of nitrogens with one attached hydrogen (secondary N) is 2. The minimum atomic E-state index is -0.721. The van der Waals surface area contributed by atoms with Gasteiger partial charge in [0.05, 0.1) is 18.1 Å². The summed E-state index contributed by atoms with van der Waals surface area (Å²) in [5.74, 6) is -0.475. The van der Waals surface area contributed by atoms with E-state index < -0.39 is 17.9 Å². The van der Waals surface area contributed by atoms with Crippen molar-refractivity contribution in [2.45, 2.75) is 33.2 Å². The predicted molar refractivity (Wildman–Crippen MR) is 98.9 cm³/mol. The van der Waals surface area contributed by atoms with Crippen LogP contribution in [-0.4, -0.2) is 32.8 Å². The highest BCUT2D eigenvalue weighted by Gasteiger charge is 2.19. The van der Waals surface area contributed by atoms with Crippen molar-refractivity contribution in [2.24, 2.45) is 17.4 Å². The zero-order chi connectivity index (χ0) is 19.3. The van der Waals surface area contributed by atoms with Crippen molar-refractivity contribution in [3.05, 3.63) is 35.9 Å². The number of pyridine rings is 1. The van der Waals surface area contributed by atoms with E-state index in [1.54, 1.807) is 12.4 Å². The number of anilines is 3. The molecule has 0 aromatic carbocycles. The number of aryl methyl sites for hydroxylation is 1. The van der Waals surface area contributed by atoms with Crippen LogP contribution in [0.4, 0.5) is 17.3 Å². The molecule has 6 N–H and O–H groups in total. The zero-order valence-corrected chi connectivity index (χ0v) is 15.0. The summed E-state index contributed by atoms with van der Waals surface area (Å²) < 4.78 is 0. The van der Waals surface area contributed by atoms with Gasteiger partial charge in [0.1, 0.15) is 11.9 Å². The maximum Gasteiger partial charge on any atom is 0.271 e. The lowest BCUT2D eigenvalue weighted by atomic mass is 10.0. The number of aromatic nitrogens is 3. The van der Waals surface area contributed by atoms with Crippen LogP contribution in [0.5, 0.6) is 0 Å². The molecular formula is C17H23N7O2. The van der Waals surface area contributed by atoms with Crippen LogP contribution in [0.3, 0.4) is 0 Å². The molecule has 0 radical (unpaired) electrons. The number of carbonyl (C=O) groups excluding carboxylic acids is 2. The van der Waals surface area contributed by atoms with E-state index >= 15 is 0 Å². The highest BCUT2D eigenvalue weighted by Crippen LogP contribution is 2.20. The fraction of sp³-hybridized carbons (Fsp3) is 0.353. The van der Waals surface area contributed by atoms with Gasteiger partial charge in [-0.3, -0.25) is 14.6 Å². The van der Waals surface area contributed by atoms with Crippen LogP contribution >= 0.6 is 0 Å². The molecule has 2 aromatic heterocycles. The lowest BCUT2D eigenvalue weighted by Gasteiger charge is -2.18. The van der Waals surface area contributed by atoms with Gasteiger partial charge in [0.25, 0.3) is 5.91 Å². The van der Waals surface area contributed by atoms with E-state index in [1.807, 2.05) is 26.8 Å². The second-order valence-electron chi connectivity index (χ2n) is 6.42. The normalized spacial score (nSPS) is 11.8. The number of amides is 2. The quantitative estimate of drug-likeness (QED) is 0.557. The van der Waals surface area contributed by atoms with E-state index in [4.69, 9.17) is 11.5 Å². The summed E-state index contributed by atoms with van der Waals surface area (Å²) in [5.41, 5.74) is 12.4. The van der Waals surface area contributed by atoms with Gasteiger partial charge in [-0.2, -0.15) is 0 Å². The molecule has 0 aliphatic rings. The first-order chi connectivity index (χ1) is 12.3. The lowest BCUT2D eigenvalue weighted by molar-refractivity contribution is -0.119. The number of carbonyl (C=O) groups is 2. The average Bonchev–Trinajstić information content (AvgIpc) is 2.53. The van der Waals surface area contributed by atoms with Crippen molar-refractivity contribution in [3.63, 3.8) is 0 Å². The monoisotopic (exact) mass is 357 g/mol. The number of hydrogen-bond acceptors (Lipinski definition) is 7. The molecule has 9 nitrogen and oxygen atoms in total. The van der Waals surface area contributed by atoms with Gasteiger partial charge in [-0.05, 0) is 30.9 Å². The molecule has 26 heavy (non-hydrogen) atoms. The molecule has 0 spiro atoms. The molecule has 0 aliphatic carbocycles. The van der Waals surface area contributed by atoms with Crippen molar-refractivity contribution in [2.75, 3.05) is 10.6 Å². The molecule has 0 aliphatic heterocycles. The van der Waals surface area contributed by atoms with Crippen molar-refractivity contribution in [3.8, 4) is 0 Å². The van der Waals surface area contributed by atoms with Gasteiger partial charge in [0.2, 0.25) is 5.91 Å². The summed E-state index contributed by atoms with van der Waals surface area (Å²) in [4.78, 5) is 35.7. The highest BCUT2D eigenvalue weighted by atomic mass is 16.1. The van der Waals surface area contributed by atoms with Gasteiger partial charge < -0.3 is 22.1 Å². The van der Waals surface area contributed by atoms with E-state index in [-0.39, 0.29) is 17.4 Å². The molecule has 2 aromatic rings. The van der Waals surface area contributed by atoms with Crippen molar-refractivity contribution >= 4 is 29.1 Å². The van der Waals surface area contributed by atoms with E-state index in [9.17, 15) is 9.59 Å². The van der Waals surface area contributed by atoms with E-state index in [2.05, 4.69) is 25.6 Å². The molecular weight excluding hydrogens is 334 g/mol. The van der Waals surface area contributed by atoms with E-state index in [0.717, 1.165) is 5.56 Å². The molecule has 0 fully saturated rings. The molecule has 1 atom stereocenters. The van der Waals surface area contributed by atoms with E-state index in [0.29, 0.717) is 17.9 Å². The minimum absolute atomic E-state index is 0.0171. The second-order valence-corrected chi connectivity index (χ2v) is 6.42. The SMILES string of the molecule is Cc1cncc(Nc2nc(N[C@H](CC(C)C)C(N)=O)cnc2C(N)=O)c1. The topological polar surface area (TPSA) is 149 Å². The van der Waals surface area contributed by atoms with Crippen LogP contribution in [0.1, 0.15) is 36.3 Å². The zero-order valence-electron chi connectivity index (χ0n) is 15.0. The predicted octanol–water partition coefficient (Wildman–Crippen LogP) is 1.33. The molecule has 2 amide bonds. The fourth-order valence-electron chi connectivity index (χ4n) is 2.38. The van der Waals surface area contributed by atoms with Gasteiger partial charge in [0, 0.05) is 6.20 Å². The minimum Gasteiger partial charge on any atom is -0.368 e. The molecule has 138 valence electrons. The summed E-state index contributed by atoms with van der Waals surface area (Å²) in [6.45, 7) is 5.86. The maximum absolute atomic E-state index is 11.6. The van der Waals surface area contributed by atoms with E-state index in [1.165, 1.54) is 6.20 Å². The Balaban J connectivity index is 2.32. The van der Waals surface area contributed by atoms with Crippen LogP contribution in [0.2, 0.25) is 0 Å². The van der Waals surface area contributed by atoms with Crippen molar-refractivity contribution < 1.29 is 9.59 Å². The summed E-state index contributed by atoms with van der Waals surface area (Å²) in [6.07, 6.45) is 5.17. The van der Waals surface area contributed by atoms with Crippen molar-refractivity contribution in [1.82, 2.24) is 15.0 Å². The molecule has 9 heteroatoms. The number of rotatable bonds is 8. The number of primary amides is 2. The molecule has 2 heterocycles. The van der Waals surface area contributed by atoms with Gasteiger partial charge in [-0.25, -0.2) is 9.97 Å². The lowest BCUT2D eigenvalue weighted by Crippen LogP contribution is -2.37. The molecule has 0 bridgehead atoms. The van der Waals surface area contributed by atoms with Gasteiger partial charge in [-0.1, -0.05) is 13.8 Å². The average molecular weight is 357 g/mol. The Kier molecular flexibility index (Phi) is 6.05. The fourth-order valence-corrected chi connectivity index (χ4v) is 2.38. The van der Waals surface area contributed by atoms with Crippen molar-refractivity contribution in [1.29, 1.82) is 0 Å². The van der Waals surface area contributed by atoms with Crippen LogP contribution in [0.25, 0.3) is 0 Å². The van der Waals surface area contributed by atoms with Crippen LogP contribution in [-0.2, 0) is 4.79 Å². The largest absolute Gasteiger partial charge is 0.368 e. The summed E-state index contributed by atoms with van der Waals surface area (Å²) in [5, 5.41) is 5.94. The van der Waals surface area contributed by atoms with Gasteiger partial charge in [-0.15, -0.1) is 0 Å². The summed E-state index contributed by atoms with van der Waals surface area (Å²) >= 11 is 0. The second kappa shape index (κ2) is 8.24. The van der Waals surface area contributed by atoms with Gasteiger partial charge >= 0.3 is 0 Å². The Bertz CT molecular complexity index is 807. The Labute approximate surface area is 151 Å². The Morgan fingerprint density at radius 2 is 1.92 bits per heavy atom. The first-order valence-electron chi connectivity index (χ1n) is 8.17. The molecule has 2 rings (SSSR count). The van der Waals surface area contributed by atoms with Crippen LogP contribution in [0, 0.1) is 12.8 Å². The smallest absolute Gasteiger partial charge is 0.271 e. The third-order valence-electron chi connectivity index (χ3n) is 3.52.